The molecule has 3 N–H and O–H groups in total. The molecule has 9 heteroatoms. The number of nitrogens with one attached hydrogen (secondary N) is 1. The van der Waals surface area contributed by atoms with Crippen molar-refractivity contribution < 1.29 is 14.4 Å². The number of nitrogens with two attached hydrogens (primary N) is 1. The van der Waals surface area contributed by atoms with Gasteiger partial charge in [-0.2, -0.15) is 16.4 Å². The highest BCUT2D eigenvalue weighted by molar-refractivity contribution is 7.07. The van der Waals surface area contributed by atoms with E-state index in [1.807, 2.05) is 16.8 Å². The van der Waals surface area contributed by atoms with Crippen LogP contribution in [0.25, 0.3) is 5.82 Å². The average Bonchev–Trinajstić information content (AvgIpc) is 3.32. The molecule has 0 fully saturated rings. The summed E-state index contributed by atoms with van der Waals surface area (Å²) in [4.78, 5) is 40.2. The zero-order chi connectivity index (χ0) is 18.5. The lowest BCUT2D eigenvalue weighted by Gasteiger charge is -2.16. The van der Waals surface area contributed by atoms with Crippen LogP contribution in [0.5, 0.6) is 0 Å². The van der Waals surface area contributed by atoms with Crippen LogP contribution in [-0.4, -0.2) is 38.4 Å². The molecule has 0 aromatic carbocycles. The third-order valence-corrected chi connectivity index (χ3v) is 4.36. The topological polar surface area (TPSA) is 120 Å². The number of carbonyl (C=O) groups is 3. The van der Waals surface area contributed by atoms with Crippen LogP contribution in [0.3, 0.4) is 0 Å². The van der Waals surface area contributed by atoms with Gasteiger partial charge in [-0.1, -0.05) is 6.07 Å². The van der Waals surface area contributed by atoms with E-state index in [1.54, 1.807) is 24.4 Å². The quantitative estimate of drug-likeness (QED) is 0.595. The van der Waals surface area contributed by atoms with Crippen molar-refractivity contribution in [3.63, 3.8) is 0 Å². The van der Waals surface area contributed by atoms with Crippen molar-refractivity contribution in [3.05, 3.63) is 64.7 Å². The molecule has 0 saturated heterocycles. The van der Waals surface area contributed by atoms with Crippen LogP contribution in [0.2, 0.25) is 0 Å². The van der Waals surface area contributed by atoms with Crippen LogP contribution in [-0.2, 0) is 16.0 Å². The summed E-state index contributed by atoms with van der Waals surface area (Å²) in [5.74, 6) is -2.04. The first-order chi connectivity index (χ1) is 12.6. The van der Waals surface area contributed by atoms with E-state index in [4.69, 9.17) is 5.73 Å². The second-order valence-electron chi connectivity index (χ2n) is 5.41. The van der Waals surface area contributed by atoms with Crippen LogP contribution in [0.1, 0.15) is 16.1 Å². The van der Waals surface area contributed by atoms with Crippen LogP contribution in [0.4, 0.5) is 0 Å². The first-order valence-electron chi connectivity index (χ1n) is 7.67. The molecule has 132 valence electrons. The molecule has 0 spiro atoms. The molecule has 0 radical (unpaired) electrons. The normalized spacial score (nSPS) is 11.7. The smallest absolute Gasteiger partial charge is 0.287 e. The zero-order valence-electron chi connectivity index (χ0n) is 13.5. The van der Waals surface area contributed by atoms with Crippen LogP contribution in [0, 0.1) is 0 Å². The summed E-state index contributed by atoms with van der Waals surface area (Å²) in [6.07, 6.45) is 3.21. The van der Waals surface area contributed by atoms with Gasteiger partial charge in [0, 0.05) is 12.6 Å². The monoisotopic (exact) mass is 369 g/mol. The summed E-state index contributed by atoms with van der Waals surface area (Å²) in [5.41, 5.74) is 6.13. The number of aromatic nitrogens is 3. The van der Waals surface area contributed by atoms with E-state index >= 15 is 0 Å². The molecule has 0 aliphatic heterocycles. The van der Waals surface area contributed by atoms with Crippen molar-refractivity contribution in [3.8, 4) is 5.82 Å². The highest BCUT2D eigenvalue weighted by Crippen LogP contribution is 2.11. The van der Waals surface area contributed by atoms with Crippen molar-refractivity contribution >= 4 is 28.9 Å². The van der Waals surface area contributed by atoms with E-state index < -0.39 is 23.6 Å². The number of nitrogens with zero attached hydrogens (tertiary/aromatic N) is 3. The van der Waals surface area contributed by atoms with Gasteiger partial charge >= 0.3 is 0 Å². The van der Waals surface area contributed by atoms with Crippen molar-refractivity contribution in [1.82, 2.24) is 20.1 Å². The highest BCUT2D eigenvalue weighted by atomic mass is 32.1. The minimum Gasteiger partial charge on any atom is -0.363 e. The molecule has 0 aliphatic carbocycles. The molecule has 3 rings (SSSR count). The van der Waals surface area contributed by atoms with Crippen molar-refractivity contribution in [2.75, 3.05) is 0 Å². The van der Waals surface area contributed by atoms with Gasteiger partial charge in [0.15, 0.2) is 5.82 Å². The number of carbonyl (C=O) groups excluding carboxylic acids is 3. The molecule has 3 aromatic rings. The van der Waals surface area contributed by atoms with E-state index in [1.165, 1.54) is 28.3 Å². The fraction of sp³-hybridized carbons (Fsp3) is 0.118. The Balaban J connectivity index is 1.83. The Morgan fingerprint density at radius 1 is 1.19 bits per heavy atom. The molecule has 0 saturated carbocycles. The summed E-state index contributed by atoms with van der Waals surface area (Å²) in [6, 6.07) is 7.47. The fourth-order valence-electron chi connectivity index (χ4n) is 2.39. The molecule has 1 atom stereocenters. The Morgan fingerprint density at radius 3 is 2.69 bits per heavy atom. The molecule has 2 amide bonds. The Labute approximate surface area is 152 Å². The maximum atomic E-state index is 12.7. The minimum atomic E-state index is -1.09. The molecular formula is C17H15N5O3S. The third kappa shape index (κ3) is 3.83. The van der Waals surface area contributed by atoms with Gasteiger partial charge in [-0.05, 0) is 40.6 Å². The first-order valence-corrected chi connectivity index (χ1v) is 8.61. The number of primary amides is 1. The number of ketones is 1. The van der Waals surface area contributed by atoms with Gasteiger partial charge in [0.25, 0.3) is 11.8 Å². The van der Waals surface area contributed by atoms with Crippen LogP contribution < -0.4 is 11.1 Å². The van der Waals surface area contributed by atoms with Crippen molar-refractivity contribution in [1.29, 1.82) is 0 Å². The predicted octanol–water partition coefficient (Wildman–Crippen LogP) is 0.724. The maximum absolute atomic E-state index is 12.7. The third-order valence-electron chi connectivity index (χ3n) is 3.63. The predicted molar refractivity (Wildman–Crippen MR) is 94.8 cm³/mol. The Kier molecular flexibility index (Phi) is 5.18. The van der Waals surface area contributed by atoms with E-state index in [-0.39, 0.29) is 12.1 Å². The van der Waals surface area contributed by atoms with E-state index in [0.717, 1.165) is 5.56 Å². The zero-order valence-corrected chi connectivity index (χ0v) is 14.3. The van der Waals surface area contributed by atoms with E-state index in [0.29, 0.717) is 5.82 Å². The Morgan fingerprint density at radius 2 is 2.04 bits per heavy atom. The van der Waals surface area contributed by atoms with Crippen LogP contribution >= 0.6 is 11.3 Å². The number of thiophene rings is 1. The summed E-state index contributed by atoms with van der Waals surface area (Å²) < 4.78 is 1.35. The average molecular weight is 369 g/mol. The standard InChI is InChI=1S/C17H15N5O3S/c18-16(24)15(23)12(9-11-5-8-26-10-11)21-17(25)13-4-7-20-22(13)14-3-1-2-6-19-14/h1-8,10,12H,9H2,(H2,18,24)(H,21,25). The van der Waals surface area contributed by atoms with Crippen molar-refractivity contribution in [2.45, 2.75) is 12.5 Å². The lowest BCUT2D eigenvalue weighted by molar-refractivity contribution is -0.137. The van der Waals surface area contributed by atoms with E-state index in [2.05, 4.69) is 15.4 Å². The van der Waals surface area contributed by atoms with E-state index in [9.17, 15) is 14.4 Å². The lowest BCUT2D eigenvalue weighted by atomic mass is 10.0. The largest absolute Gasteiger partial charge is 0.363 e. The Bertz CT molecular complexity index is 921. The molecule has 3 heterocycles. The molecule has 0 aliphatic rings. The number of hydrogen-bond donors (Lipinski definition) is 2. The van der Waals surface area contributed by atoms with Gasteiger partial charge in [-0.3, -0.25) is 14.4 Å². The van der Waals surface area contributed by atoms with Gasteiger partial charge in [0.1, 0.15) is 11.7 Å². The molecule has 0 bridgehead atoms. The van der Waals surface area contributed by atoms with Gasteiger partial charge in [0.2, 0.25) is 5.78 Å². The molecular weight excluding hydrogens is 354 g/mol. The summed E-state index contributed by atoms with van der Waals surface area (Å²) in [6.45, 7) is 0. The lowest BCUT2D eigenvalue weighted by Crippen LogP contribution is -2.47. The first kappa shape index (κ1) is 17.5. The molecule has 3 aromatic heterocycles. The number of rotatable bonds is 7. The molecule has 26 heavy (non-hydrogen) atoms. The fourth-order valence-corrected chi connectivity index (χ4v) is 3.08. The number of Topliss-reactive ketones (excluding diaryl/α,β-unsaturated/α-hetero) is 1. The summed E-state index contributed by atoms with van der Waals surface area (Å²) in [7, 11) is 0. The Hall–Kier alpha value is -3.33. The van der Waals surface area contributed by atoms with Crippen LogP contribution in [0.15, 0.2) is 53.5 Å². The highest BCUT2D eigenvalue weighted by Gasteiger charge is 2.27. The van der Waals surface area contributed by atoms with Crippen molar-refractivity contribution in [2.24, 2.45) is 5.73 Å². The SMILES string of the molecule is NC(=O)C(=O)C(Cc1ccsc1)NC(=O)c1ccnn1-c1ccccn1. The maximum Gasteiger partial charge on any atom is 0.287 e. The van der Waals surface area contributed by atoms with Gasteiger partial charge in [-0.15, -0.1) is 0 Å². The molecule has 8 nitrogen and oxygen atoms in total. The van der Waals surface area contributed by atoms with Gasteiger partial charge < -0.3 is 11.1 Å². The number of pyridine rings is 1. The second-order valence-corrected chi connectivity index (χ2v) is 6.19. The van der Waals surface area contributed by atoms with Gasteiger partial charge in [0.05, 0.1) is 6.20 Å². The summed E-state index contributed by atoms with van der Waals surface area (Å²) >= 11 is 1.46. The number of hydrogen-bond acceptors (Lipinski definition) is 6. The number of amides is 2. The van der Waals surface area contributed by atoms with Gasteiger partial charge in [-0.25, -0.2) is 9.67 Å². The minimum absolute atomic E-state index is 0.175. The molecule has 1 unspecified atom stereocenters. The summed E-state index contributed by atoms with van der Waals surface area (Å²) in [5, 5.41) is 10.3. The second kappa shape index (κ2) is 7.70.